The molecule has 1 aliphatic carbocycles. The van der Waals surface area contributed by atoms with Crippen molar-refractivity contribution in [3.63, 3.8) is 0 Å². The molecular formula is C38H43N3O6S. The van der Waals surface area contributed by atoms with Crippen LogP contribution in [0.2, 0.25) is 0 Å². The predicted octanol–water partition coefficient (Wildman–Crippen LogP) is 5.99. The van der Waals surface area contributed by atoms with Crippen LogP contribution in [-0.4, -0.2) is 58.0 Å². The summed E-state index contributed by atoms with van der Waals surface area (Å²) in [6.07, 6.45) is 5.22. The van der Waals surface area contributed by atoms with Crippen molar-refractivity contribution in [2.45, 2.75) is 62.0 Å². The number of carbonyl (C=O) groups excluding carboxylic acids is 2. The fourth-order valence-electron chi connectivity index (χ4n) is 6.08. The summed E-state index contributed by atoms with van der Waals surface area (Å²) in [5.41, 5.74) is 1.88. The Morgan fingerprint density at radius 3 is 2.04 bits per heavy atom. The lowest BCUT2D eigenvalue weighted by molar-refractivity contribution is -0.140. The molecule has 0 heterocycles. The highest BCUT2D eigenvalue weighted by molar-refractivity contribution is 7.92. The number of rotatable bonds is 14. The van der Waals surface area contributed by atoms with E-state index >= 15 is 0 Å². The maximum absolute atomic E-state index is 14.7. The number of benzene rings is 4. The van der Waals surface area contributed by atoms with Gasteiger partial charge in [0.15, 0.2) is 0 Å². The van der Waals surface area contributed by atoms with E-state index in [1.165, 1.54) is 24.1 Å². The van der Waals surface area contributed by atoms with Crippen molar-refractivity contribution in [3.05, 3.63) is 120 Å². The van der Waals surface area contributed by atoms with Crippen molar-refractivity contribution < 1.29 is 27.5 Å². The van der Waals surface area contributed by atoms with Crippen LogP contribution in [0.1, 0.15) is 43.2 Å². The topological polar surface area (TPSA) is 105 Å². The summed E-state index contributed by atoms with van der Waals surface area (Å²) in [4.78, 5) is 30.5. The van der Waals surface area contributed by atoms with Gasteiger partial charge < -0.3 is 19.7 Å². The summed E-state index contributed by atoms with van der Waals surface area (Å²) in [6, 6.07) is 30.6. The Morgan fingerprint density at radius 1 is 0.771 bits per heavy atom. The molecule has 2 amide bonds. The minimum absolute atomic E-state index is 0.0186. The Bertz CT molecular complexity index is 1760. The molecule has 1 saturated carbocycles. The molecule has 1 N–H and O–H groups in total. The van der Waals surface area contributed by atoms with Gasteiger partial charge in [0.25, 0.3) is 10.0 Å². The molecule has 0 spiro atoms. The first-order valence-corrected chi connectivity index (χ1v) is 17.7. The Morgan fingerprint density at radius 2 is 1.38 bits per heavy atom. The average Bonchev–Trinajstić information content (AvgIpc) is 3.13. The monoisotopic (exact) mass is 669 g/mol. The highest BCUT2D eigenvalue weighted by Gasteiger charge is 2.35. The van der Waals surface area contributed by atoms with E-state index in [0.29, 0.717) is 11.5 Å². The molecule has 4 aromatic rings. The molecule has 252 valence electrons. The highest BCUT2D eigenvalue weighted by atomic mass is 32.2. The lowest BCUT2D eigenvalue weighted by Gasteiger charge is -2.35. The van der Waals surface area contributed by atoms with E-state index in [2.05, 4.69) is 5.32 Å². The summed E-state index contributed by atoms with van der Waals surface area (Å²) < 4.78 is 40.4. The van der Waals surface area contributed by atoms with Crippen molar-refractivity contribution in [1.82, 2.24) is 10.2 Å². The van der Waals surface area contributed by atoms with Crippen molar-refractivity contribution in [1.29, 1.82) is 0 Å². The van der Waals surface area contributed by atoms with Gasteiger partial charge in [0.1, 0.15) is 24.1 Å². The van der Waals surface area contributed by atoms with Gasteiger partial charge in [-0.05, 0) is 60.4 Å². The van der Waals surface area contributed by atoms with E-state index < -0.39 is 28.5 Å². The average molecular weight is 670 g/mol. The van der Waals surface area contributed by atoms with E-state index in [-0.39, 0.29) is 35.5 Å². The van der Waals surface area contributed by atoms with Gasteiger partial charge in [0.2, 0.25) is 11.8 Å². The van der Waals surface area contributed by atoms with Crippen molar-refractivity contribution >= 4 is 27.5 Å². The van der Waals surface area contributed by atoms with Crippen LogP contribution in [-0.2, 0) is 32.6 Å². The number of nitrogens with zero attached hydrogens (tertiary/aromatic N) is 2. The second-order valence-electron chi connectivity index (χ2n) is 11.9. The zero-order chi connectivity index (χ0) is 33.9. The molecule has 1 aliphatic rings. The summed E-state index contributed by atoms with van der Waals surface area (Å²) in [6.45, 7) is -0.487. The smallest absolute Gasteiger partial charge is 0.264 e. The quantitative estimate of drug-likeness (QED) is 0.177. The number of sulfonamides is 1. The molecule has 5 rings (SSSR count). The van der Waals surface area contributed by atoms with E-state index in [4.69, 9.17) is 9.47 Å². The summed E-state index contributed by atoms with van der Waals surface area (Å²) in [5.74, 6) is 0.256. The van der Waals surface area contributed by atoms with Crippen LogP contribution in [0.4, 0.5) is 5.69 Å². The Labute approximate surface area is 283 Å². The van der Waals surface area contributed by atoms with Crippen LogP contribution in [0, 0.1) is 0 Å². The van der Waals surface area contributed by atoms with Gasteiger partial charge in [-0.15, -0.1) is 0 Å². The number of hydrogen-bond donors (Lipinski definition) is 1. The van der Waals surface area contributed by atoms with Crippen molar-refractivity contribution in [2.24, 2.45) is 0 Å². The van der Waals surface area contributed by atoms with Gasteiger partial charge in [0.05, 0.1) is 24.8 Å². The third-order valence-electron chi connectivity index (χ3n) is 8.66. The number of nitrogens with one attached hydrogen (secondary N) is 1. The first-order chi connectivity index (χ1) is 23.3. The van der Waals surface area contributed by atoms with Gasteiger partial charge in [-0.25, -0.2) is 8.42 Å². The second kappa shape index (κ2) is 16.3. The van der Waals surface area contributed by atoms with E-state index in [1.807, 2.05) is 54.6 Å². The predicted molar refractivity (Wildman–Crippen MR) is 186 cm³/mol. The Balaban J connectivity index is 1.57. The fourth-order valence-corrected chi connectivity index (χ4v) is 7.51. The largest absolute Gasteiger partial charge is 0.497 e. The molecule has 1 atom stereocenters. The zero-order valence-electron chi connectivity index (χ0n) is 27.5. The van der Waals surface area contributed by atoms with Crippen LogP contribution in [0.15, 0.2) is 114 Å². The van der Waals surface area contributed by atoms with Gasteiger partial charge in [-0.3, -0.25) is 13.9 Å². The molecule has 0 bridgehead atoms. The van der Waals surface area contributed by atoms with Gasteiger partial charge in [0, 0.05) is 25.1 Å². The molecular weight excluding hydrogens is 627 g/mol. The molecule has 4 aromatic carbocycles. The fraction of sp³-hybridized carbons (Fsp3) is 0.316. The second-order valence-corrected chi connectivity index (χ2v) is 13.8. The minimum atomic E-state index is -4.21. The summed E-state index contributed by atoms with van der Waals surface area (Å²) in [7, 11) is -1.15. The maximum atomic E-state index is 14.7. The molecule has 0 aliphatic heterocycles. The van der Waals surface area contributed by atoms with Crippen LogP contribution < -0.4 is 19.1 Å². The molecule has 9 nitrogen and oxygen atoms in total. The SMILES string of the molecule is COc1cccc(CN(C(=O)CN(c2cccc(OC)c2)S(=O)(=O)c2ccccc2)[C@@H](Cc2ccccc2)C(=O)NC2CCCCC2)c1. The Hall–Kier alpha value is -4.83. The lowest BCUT2D eigenvalue weighted by Crippen LogP contribution is -2.55. The molecule has 1 fully saturated rings. The minimum Gasteiger partial charge on any atom is -0.497 e. The third-order valence-corrected chi connectivity index (χ3v) is 10.4. The lowest BCUT2D eigenvalue weighted by atomic mass is 9.94. The highest BCUT2D eigenvalue weighted by Crippen LogP contribution is 2.28. The van der Waals surface area contributed by atoms with Crippen LogP contribution in [0.25, 0.3) is 0 Å². The number of anilines is 1. The number of methoxy groups -OCH3 is 2. The van der Waals surface area contributed by atoms with E-state index in [9.17, 15) is 18.0 Å². The van der Waals surface area contributed by atoms with E-state index in [1.54, 1.807) is 49.6 Å². The summed E-state index contributed by atoms with van der Waals surface area (Å²) >= 11 is 0. The number of hydrogen-bond acceptors (Lipinski definition) is 6. The molecule has 10 heteroatoms. The first kappa shape index (κ1) is 34.5. The molecule has 0 unspecified atom stereocenters. The van der Waals surface area contributed by atoms with E-state index in [0.717, 1.165) is 47.5 Å². The van der Waals surface area contributed by atoms with Crippen LogP contribution in [0.5, 0.6) is 11.5 Å². The third kappa shape index (κ3) is 8.74. The first-order valence-electron chi connectivity index (χ1n) is 16.3. The Kier molecular flexibility index (Phi) is 11.7. The maximum Gasteiger partial charge on any atom is 0.264 e. The number of amides is 2. The van der Waals surface area contributed by atoms with Gasteiger partial charge in [-0.2, -0.15) is 0 Å². The number of ether oxygens (including phenoxy) is 2. The normalized spacial score (nSPS) is 14.0. The number of carbonyl (C=O) groups is 2. The van der Waals surface area contributed by atoms with Gasteiger partial charge in [-0.1, -0.05) is 86.0 Å². The molecule has 0 saturated heterocycles. The van der Waals surface area contributed by atoms with Crippen LogP contribution >= 0.6 is 0 Å². The standard InChI is InChI=1S/C38H43N3O6S/c1-46-33-20-12-16-30(24-33)27-40(36(25-29-14-6-3-7-15-29)38(43)39-31-17-8-4-9-18-31)37(42)28-41(32-19-13-21-34(26-32)47-2)48(44,45)35-22-10-5-11-23-35/h3,5-7,10-16,19-24,26,31,36H,4,8-9,17-18,25,27-28H2,1-2H3,(H,39,43)/t36-/m0/s1. The molecule has 48 heavy (non-hydrogen) atoms. The molecule has 0 radical (unpaired) electrons. The zero-order valence-corrected chi connectivity index (χ0v) is 28.3. The van der Waals surface area contributed by atoms with Crippen LogP contribution in [0.3, 0.4) is 0 Å². The molecule has 0 aromatic heterocycles. The van der Waals surface area contributed by atoms with Crippen molar-refractivity contribution in [2.75, 3.05) is 25.1 Å². The van der Waals surface area contributed by atoms with Gasteiger partial charge >= 0.3 is 0 Å². The van der Waals surface area contributed by atoms with Crippen molar-refractivity contribution in [3.8, 4) is 11.5 Å². The summed E-state index contributed by atoms with van der Waals surface area (Å²) in [5, 5.41) is 3.23.